The molecule has 0 aromatic carbocycles. The number of hydrogen-bond acceptors (Lipinski definition) is 3. The van der Waals surface area contributed by atoms with Crippen molar-refractivity contribution in [3.63, 3.8) is 0 Å². The third-order valence-corrected chi connectivity index (χ3v) is 5.03. The van der Waals surface area contributed by atoms with E-state index in [1.165, 1.54) is 38.8 Å². The number of piperidine rings is 1. The first-order valence-electron chi connectivity index (χ1n) is 7.44. The largest absolute Gasteiger partial charge is 0.312 e. The van der Waals surface area contributed by atoms with Gasteiger partial charge in [-0.1, -0.05) is 0 Å². The highest BCUT2D eigenvalue weighted by molar-refractivity contribution is 7.99. The van der Waals surface area contributed by atoms with Crippen LogP contribution in [-0.4, -0.2) is 47.6 Å². The molecule has 0 bridgehead atoms. The Morgan fingerprint density at radius 3 is 2.39 bits per heavy atom. The van der Waals surface area contributed by atoms with Gasteiger partial charge in [-0.15, -0.1) is 0 Å². The van der Waals surface area contributed by atoms with E-state index in [-0.39, 0.29) is 5.54 Å². The topological polar surface area (TPSA) is 15.3 Å². The van der Waals surface area contributed by atoms with E-state index in [0.29, 0.717) is 0 Å². The van der Waals surface area contributed by atoms with Gasteiger partial charge in [-0.2, -0.15) is 11.8 Å². The number of nitrogens with zero attached hydrogens (tertiary/aromatic N) is 1. The molecule has 1 rings (SSSR count). The summed E-state index contributed by atoms with van der Waals surface area (Å²) >= 11 is 2.05. The average Bonchev–Trinajstić information content (AvgIpc) is 2.33. The van der Waals surface area contributed by atoms with Crippen molar-refractivity contribution in [2.24, 2.45) is 0 Å². The maximum Gasteiger partial charge on any atom is 0.00965 e. The van der Waals surface area contributed by atoms with Gasteiger partial charge in [-0.05, 0) is 79.3 Å². The zero-order valence-electron chi connectivity index (χ0n) is 13.0. The normalized spacial score (nSPS) is 21.2. The van der Waals surface area contributed by atoms with E-state index < -0.39 is 0 Å². The van der Waals surface area contributed by atoms with E-state index in [2.05, 4.69) is 44.2 Å². The molecule has 0 amide bonds. The van der Waals surface area contributed by atoms with E-state index >= 15 is 0 Å². The van der Waals surface area contributed by atoms with Crippen molar-refractivity contribution in [3.8, 4) is 0 Å². The number of rotatable bonds is 6. The molecular formula is C15H32N2S. The van der Waals surface area contributed by atoms with Gasteiger partial charge < -0.3 is 10.2 Å². The minimum Gasteiger partial charge on any atom is -0.312 e. The van der Waals surface area contributed by atoms with Crippen LogP contribution < -0.4 is 5.32 Å². The molecule has 1 fully saturated rings. The Morgan fingerprint density at radius 2 is 1.89 bits per heavy atom. The standard InChI is InChI=1S/C15H32N2S/c1-13(7-6-10-16-15(2,3)4)17-11-8-14(18-5)9-12-17/h13-14,16H,6-12H2,1-5H3. The lowest BCUT2D eigenvalue weighted by molar-refractivity contribution is 0.167. The van der Waals surface area contributed by atoms with Crippen molar-refractivity contribution >= 4 is 11.8 Å². The first kappa shape index (κ1) is 16.3. The van der Waals surface area contributed by atoms with Gasteiger partial charge in [0.1, 0.15) is 0 Å². The SMILES string of the molecule is CSC1CCN(C(C)CCCNC(C)(C)C)CC1. The summed E-state index contributed by atoms with van der Waals surface area (Å²) in [6.45, 7) is 12.9. The lowest BCUT2D eigenvalue weighted by atomic mass is 10.0. The van der Waals surface area contributed by atoms with Crippen LogP contribution in [0.15, 0.2) is 0 Å². The van der Waals surface area contributed by atoms with Crippen molar-refractivity contribution < 1.29 is 0 Å². The number of nitrogens with one attached hydrogen (secondary N) is 1. The Balaban J connectivity index is 2.12. The third kappa shape index (κ3) is 6.44. The molecule has 1 N–H and O–H groups in total. The van der Waals surface area contributed by atoms with Gasteiger partial charge in [0.2, 0.25) is 0 Å². The first-order chi connectivity index (χ1) is 8.42. The molecule has 1 heterocycles. The Bertz CT molecular complexity index is 217. The molecule has 0 saturated carbocycles. The van der Waals surface area contributed by atoms with Gasteiger partial charge in [0.05, 0.1) is 0 Å². The summed E-state index contributed by atoms with van der Waals surface area (Å²) < 4.78 is 0. The van der Waals surface area contributed by atoms with Crippen LogP contribution in [0.2, 0.25) is 0 Å². The zero-order valence-corrected chi connectivity index (χ0v) is 13.8. The molecular weight excluding hydrogens is 240 g/mol. The quantitative estimate of drug-likeness (QED) is 0.746. The number of hydrogen-bond donors (Lipinski definition) is 1. The highest BCUT2D eigenvalue weighted by atomic mass is 32.2. The summed E-state index contributed by atoms with van der Waals surface area (Å²) in [5, 5.41) is 4.49. The Morgan fingerprint density at radius 1 is 1.28 bits per heavy atom. The van der Waals surface area contributed by atoms with Crippen LogP contribution in [0.3, 0.4) is 0 Å². The molecule has 1 aliphatic heterocycles. The molecule has 1 aliphatic rings. The van der Waals surface area contributed by atoms with E-state index in [0.717, 1.165) is 17.8 Å². The predicted molar refractivity (Wildman–Crippen MR) is 84.6 cm³/mol. The van der Waals surface area contributed by atoms with Gasteiger partial charge in [0, 0.05) is 16.8 Å². The van der Waals surface area contributed by atoms with E-state index in [4.69, 9.17) is 0 Å². The molecule has 0 spiro atoms. The number of thioether (sulfide) groups is 1. The number of likely N-dealkylation sites (tertiary alicyclic amines) is 1. The lowest BCUT2D eigenvalue weighted by Crippen LogP contribution is -2.41. The predicted octanol–water partition coefficient (Wildman–Crippen LogP) is 3.37. The van der Waals surface area contributed by atoms with Gasteiger partial charge >= 0.3 is 0 Å². The molecule has 1 atom stereocenters. The smallest absolute Gasteiger partial charge is 0.00965 e. The van der Waals surface area contributed by atoms with Crippen LogP contribution in [0, 0.1) is 0 Å². The summed E-state index contributed by atoms with van der Waals surface area (Å²) in [6, 6.07) is 0.759. The lowest BCUT2D eigenvalue weighted by Gasteiger charge is -2.35. The van der Waals surface area contributed by atoms with E-state index in [1.54, 1.807) is 0 Å². The second kappa shape index (κ2) is 7.76. The third-order valence-electron chi connectivity index (χ3n) is 3.89. The minimum absolute atomic E-state index is 0.264. The molecule has 0 aromatic rings. The Labute approximate surface area is 118 Å². The minimum atomic E-state index is 0.264. The first-order valence-corrected chi connectivity index (χ1v) is 8.73. The highest BCUT2D eigenvalue weighted by Crippen LogP contribution is 2.23. The summed E-state index contributed by atoms with van der Waals surface area (Å²) in [7, 11) is 0. The van der Waals surface area contributed by atoms with Crippen molar-refractivity contribution in [1.29, 1.82) is 0 Å². The van der Waals surface area contributed by atoms with Crippen molar-refractivity contribution in [1.82, 2.24) is 10.2 Å². The van der Waals surface area contributed by atoms with Crippen LogP contribution in [-0.2, 0) is 0 Å². The van der Waals surface area contributed by atoms with E-state index in [9.17, 15) is 0 Å². The zero-order chi connectivity index (χ0) is 13.6. The highest BCUT2D eigenvalue weighted by Gasteiger charge is 2.21. The fourth-order valence-corrected chi connectivity index (χ4v) is 3.28. The molecule has 18 heavy (non-hydrogen) atoms. The average molecular weight is 273 g/mol. The van der Waals surface area contributed by atoms with Crippen LogP contribution in [0.4, 0.5) is 0 Å². The van der Waals surface area contributed by atoms with Gasteiger partial charge in [-0.3, -0.25) is 0 Å². The molecule has 108 valence electrons. The second-order valence-corrected chi connectivity index (χ2v) is 7.78. The Hall–Kier alpha value is 0.270. The van der Waals surface area contributed by atoms with E-state index in [1.807, 2.05) is 11.8 Å². The molecule has 3 heteroatoms. The second-order valence-electron chi connectivity index (χ2n) is 6.64. The fourth-order valence-electron chi connectivity index (χ4n) is 2.60. The summed E-state index contributed by atoms with van der Waals surface area (Å²) in [6.07, 6.45) is 7.63. The molecule has 2 nitrogen and oxygen atoms in total. The Kier molecular flexibility index (Phi) is 7.04. The monoisotopic (exact) mass is 272 g/mol. The van der Waals surface area contributed by atoms with Crippen molar-refractivity contribution in [2.45, 2.75) is 70.2 Å². The molecule has 0 aromatic heterocycles. The van der Waals surface area contributed by atoms with Crippen LogP contribution in [0.25, 0.3) is 0 Å². The van der Waals surface area contributed by atoms with Crippen LogP contribution in [0.1, 0.15) is 53.4 Å². The van der Waals surface area contributed by atoms with Gasteiger partial charge in [0.25, 0.3) is 0 Å². The molecule has 1 unspecified atom stereocenters. The molecule has 0 aliphatic carbocycles. The molecule has 0 radical (unpaired) electrons. The van der Waals surface area contributed by atoms with Crippen molar-refractivity contribution in [2.75, 3.05) is 25.9 Å². The maximum atomic E-state index is 3.57. The van der Waals surface area contributed by atoms with Crippen LogP contribution >= 0.6 is 11.8 Å². The summed E-state index contributed by atoms with van der Waals surface area (Å²) in [5.74, 6) is 0. The fraction of sp³-hybridized carbons (Fsp3) is 1.00. The van der Waals surface area contributed by atoms with Crippen molar-refractivity contribution in [3.05, 3.63) is 0 Å². The van der Waals surface area contributed by atoms with Gasteiger partial charge in [-0.25, -0.2) is 0 Å². The maximum absolute atomic E-state index is 3.57. The van der Waals surface area contributed by atoms with Gasteiger partial charge in [0.15, 0.2) is 0 Å². The van der Waals surface area contributed by atoms with Crippen LogP contribution in [0.5, 0.6) is 0 Å². The molecule has 1 saturated heterocycles. The summed E-state index contributed by atoms with van der Waals surface area (Å²) in [5.41, 5.74) is 0.264. The summed E-state index contributed by atoms with van der Waals surface area (Å²) in [4.78, 5) is 2.68.